The Hall–Kier alpha value is -1.21. The van der Waals surface area contributed by atoms with Crippen molar-refractivity contribution in [3.63, 3.8) is 0 Å². The number of benzene rings is 2. The van der Waals surface area contributed by atoms with Gasteiger partial charge in [0.25, 0.3) is 0 Å². The van der Waals surface area contributed by atoms with E-state index in [1.807, 2.05) is 24.3 Å². The van der Waals surface area contributed by atoms with Gasteiger partial charge in [0.05, 0.1) is 5.02 Å². The molecule has 0 unspecified atom stereocenters. The first kappa shape index (κ1) is 7.44. The van der Waals surface area contributed by atoms with Crippen molar-refractivity contribution in [3.05, 3.63) is 41.4 Å². The standard InChI is InChI=1S/C10H6ClO/c11-9-5-7-3-1-2-4-8(7)6-10(9)12/h1-6H. The van der Waals surface area contributed by atoms with E-state index in [9.17, 15) is 5.11 Å². The summed E-state index contributed by atoms with van der Waals surface area (Å²) in [6.07, 6.45) is 0. The lowest BCUT2D eigenvalue weighted by Gasteiger charge is -1.97. The second kappa shape index (κ2) is 2.68. The molecule has 0 aliphatic carbocycles. The lowest BCUT2D eigenvalue weighted by Crippen LogP contribution is -1.71. The van der Waals surface area contributed by atoms with Crippen LogP contribution in [0, 0.1) is 0 Å². The van der Waals surface area contributed by atoms with Crippen LogP contribution in [0.4, 0.5) is 0 Å². The fourth-order valence-electron chi connectivity index (χ4n) is 1.19. The summed E-state index contributed by atoms with van der Waals surface area (Å²) in [4.78, 5) is 0. The van der Waals surface area contributed by atoms with Gasteiger partial charge in [0.2, 0.25) is 0 Å². The SMILES string of the molecule is [O]c1cc2ccccc2cc1Cl. The van der Waals surface area contributed by atoms with Gasteiger partial charge in [-0.25, -0.2) is 0 Å². The van der Waals surface area contributed by atoms with E-state index in [2.05, 4.69) is 0 Å². The van der Waals surface area contributed by atoms with Gasteiger partial charge in [0.15, 0.2) is 5.75 Å². The van der Waals surface area contributed by atoms with E-state index >= 15 is 0 Å². The highest BCUT2D eigenvalue weighted by atomic mass is 35.5. The number of halogens is 1. The van der Waals surface area contributed by atoms with Crippen LogP contribution in [-0.4, -0.2) is 0 Å². The topological polar surface area (TPSA) is 19.9 Å². The molecule has 0 N–H and O–H groups in total. The maximum Gasteiger partial charge on any atom is 0.197 e. The Labute approximate surface area is 75.2 Å². The molecular weight excluding hydrogens is 172 g/mol. The van der Waals surface area contributed by atoms with Crippen LogP contribution in [0.3, 0.4) is 0 Å². The molecule has 0 atom stereocenters. The van der Waals surface area contributed by atoms with Gasteiger partial charge in [-0.1, -0.05) is 35.9 Å². The summed E-state index contributed by atoms with van der Waals surface area (Å²) >= 11 is 5.68. The zero-order valence-electron chi connectivity index (χ0n) is 6.25. The quantitative estimate of drug-likeness (QED) is 0.586. The van der Waals surface area contributed by atoms with E-state index in [1.165, 1.54) is 0 Å². The number of rotatable bonds is 0. The van der Waals surface area contributed by atoms with Crippen LogP contribution in [0.15, 0.2) is 36.4 Å². The Morgan fingerprint density at radius 3 is 2.25 bits per heavy atom. The van der Waals surface area contributed by atoms with Crippen molar-refractivity contribution in [2.75, 3.05) is 0 Å². The highest BCUT2D eigenvalue weighted by Crippen LogP contribution is 2.28. The molecule has 0 spiro atoms. The Balaban J connectivity index is 2.84. The van der Waals surface area contributed by atoms with Gasteiger partial charge in [0, 0.05) is 0 Å². The molecule has 2 aromatic rings. The van der Waals surface area contributed by atoms with Gasteiger partial charge in [-0.05, 0) is 22.9 Å². The van der Waals surface area contributed by atoms with E-state index < -0.39 is 0 Å². The number of hydrogen-bond acceptors (Lipinski definition) is 0. The lowest BCUT2D eigenvalue weighted by atomic mass is 10.1. The van der Waals surface area contributed by atoms with Gasteiger partial charge < -0.3 is 0 Å². The fraction of sp³-hybridized carbons (Fsp3) is 0. The summed E-state index contributed by atoms with van der Waals surface area (Å²) in [6, 6.07) is 10.9. The smallest absolute Gasteiger partial charge is 0.197 e. The Kier molecular flexibility index (Phi) is 1.66. The van der Waals surface area contributed by atoms with E-state index in [0.29, 0.717) is 0 Å². The lowest BCUT2D eigenvalue weighted by molar-refractivity contribution is 0.356. The minimum Gasteiger partial charge on any atom is -0.288 e. The molecule has 0 aliphatic rings. The molecule has 0 aromatic heterocycles. The predicted molar refractivity (Wildman–Crippen MR) is 49.1 cm³/mol. The van der Waals surface area contributed by atoms with Crippen LogP contribution in [0.25, 0.3) is 10.8 Å². The van der Waals surface area contributed by atoms with E-state index in [0.717, 1.165) is 10.8 Å². The molecule has 0 fully saturated rings. The van der Waals surface area contributed by atoms with Crippen LogP contribution in [-0.2, 0) is 5.11 Å². The first-order valence-corrected chi connectivity index (χ1v) is 4.00. The van der Waals surface area contributed by atoms with E-state index in [-0.39, 0.29) is 10.8 Å². The highest BCUT2D eigenvalue weighted by molar-refractivity contribution is 6.32. The van der Waals surface area contributed by atoms with Crippen LogP contribution in [0.5, 0.6) is 5.75 Å². The first-order chi connectivity index (χ1) is 5.77. The summed E-state index contributed by atoms with van der Waals surface area (Å²) in [7, 11) is 0. The third-order valence-electron chi connectivity index (χ3n) is 1.80. The molecule has 2 heteroatoms. The van der Waals surface area contributed by atoms with Crippen LogP contribution >= 0.6 is 11.6 Å². The minimum atomic E-state index is -0.115. The molecule has 0 saturated heterocycles. The van der Waals surface area contributed by atoms with Crippen molar-refractivity contribution in [2.45, 2.75) is 0 Å². The molecule has 12 heavy (non-hydrogen) atoms. The maximum atomic E-state index is 11.1. The minimum absolute atomic E-state index is 0.115. The van der Waals surface area contributed by atoms with E-state index in [1.54, 1.807) is 12.1 Å². The third-order valence-corrected chi connectivity index (χ3v) is 2.10. The second-order valence-electron chi connectivity index (χ2n) is 2.63. The van der Waals surface area contributed by atoms with Crippen LogP contribution < -0.4 is 0 Å². The largest absolute Gasteiger partial charge is 0.288 e. The summed E-state index contributed by atoms with van der Waals surface area (Å²) in [6.45, 7) is 0. The maximum absolute atomic E-state index is 11.1. The van der Waals surface area contributed by atoms with Crippen molar-refractivity contribution in [2.24, 2.45) is 0 Å². The Morgan fingerprint density at radius 2 is 1.58 bits per heavy atom. The molecule has 2 aromatic carbocycles. The normalized spacial score (nSPS) is 10.4. The van der Waals surface area contributed by atoms with Crippen molar-refractivity contribution in [1.82, 2.24) is 0 Å². The molecule has 0 bridgehead atoms. The van der Waals surface area contributed by atoms with Crippen molar-refractivity contribution in [1.29, 1.82) is 0 Å². The molecule has 1 radical (unpaired) electrons. The molecule has 1 nitrogen and oxygen atoms in total. The fourth-order valence-corrected chi connectivity index (χ4v) is 1.36. The number of fused-ring (bicyclic) bond motifs is 1. The van der Waals surface area contributed by atoms with Crippen LogP contribution in [0.1, 0.15) is 0 Å². The summed E-state index contributed by atoms with van der Waals surface area (Å²) in [5, 5.41) is 13.3. The molecule has 0 aliphatic heterocycles. The Morgan fingerprint density at radius 1 is 1.00 bits per heavy atom. The molecule has 0 saturated carbocycles. The molecule has 0 heterocycles. The summed E-state index contributed by atoms with van der Waals surface area (Å²) < 4.78 is 0. The molecule has 0 amide bonds. The monoisotopic (exact) mass is 177 g/mol. The molecule has 2 rings (SSSR count). The Bertz CT molecular complexity index is 383. The highest BCUT2D eigenvalue weighted by Gasteiger charge is 2.01. The third kappa shape index (κ3) is 1.12. The van der Waals surface area contributed by atoms with Crippen molar-refractivity contribution in [3.8, 4) is 5.75 Å². The zero-order valence-corrected chi connectivity index (χ0v) is 7.01. The van der Waals surface area contributed by atoms with E-state index in [4.69, 9.17) is 11.6 Å². The van der Waals surface area contributed by atoms with Crippen LogP contribution in [0.2, 0.25) is 5.02 Å². The van der Waals surface area contributed by atoms with Gasteiger partial charge in [0.1, 0.15) is 0 Å². The van der Waals surface area contributed by atoms with Crippen molar-refractivity contribution < 1.29 is 5.11 Å². The summed E-state index contributed by atoms with van der Waals surface area (Å²) in [5.74, 6) is -0.115. The predicted octanol–water partition coefficient (Wildman–Crippen LogP) is 3.64. The molecular formula is C10H6ClO. The average Bonchev–Trinajstić information content (AvgIpc) is 2.07. The van der Waals surface area contributed by atoms with Gasteiger partial charge in [-0.15, -0.1) is 0 Å². The zero-order chi connectivity index (χ0) is 8.55. The second-order valence-corrected chi connectivity index (χ2v) is 3.04. The summed E-state index contributed by atoms with van der Waals surface area (Å²) in [5.41, 5.74) is 0. The average molecular weight is 178 g/mol. The first-order valence-electron chi connectivity index (χ1n) is 3.63. The van der Waals surface area contributed by atoms with Gasteiger partial charge in [-0.3, -0.25) is 5.11 Å². The van der Waals surface area contributed by atoms with Gasteiger partial charge >= 0.3 is 0 Å². The van der Waals surface area contributed by atoms with Crippen molar-refractivity contribution >= 4 is 22.4 Å². The number of hydrogen-bond donors (Lipinski definition) is 0. The van der Waals surface area contributed by atoms with Gasteiger partial charge in [-0.2, -0.15) is 0 Å². The molecule has 59 valence electrons.